The summed E-state index contributed by atoms with van der Waals surface area (Å²) in [4.78, 5) is 29.8. The maximum Gasteiger partial charge on any atom is 0.230 e. The first-order valence-electron chi connectivity index (χ1n) is 10.8. The van der Waals surface area contributed by atoms with Gasteiger partial charge in [-0.3, -0.25) is 15.0 Å². The van der Waals surface area contributed by atoms with Crippen molar-refractivity contribution >= 4 is 23.3 Å². The van der Waals surface area contributed by atoms with Gasteiger partial charge in [-0.05, 0) is 30.9 Å². The van der Waals surface area contributed by atoms with Gasteiger partial charge in [0.15, 0.2) is 6.29 Å². The molecule has 2 fully saturated rings. The Morgan fingerprint density at radius 1 is 1.24 bits per heavy atom. The quantitative estimate of drug-likeness (QED) is 0.774. The lowest BCUT2D eigenvalue weighted by Crippen LogP contribution is -2.67. The van der Waals surface area contributed by atoms with E-state index in [1.165, 1.54) is 0 Å². The molecule has 0 aromatic heterocycles. The molecule has 2 heterocycles. The highest BCUT2D eigenvalue weighted by molar-refractivity contribution is 5.95. The van der Waals surface area contributed by atoms with Gasteiger partial charge in [-0.2, -0.15) is 5.10 Å². The molecular formula is C22H31N5O2. The van der Waals surface area contributed by atoms with Gasteiger partial charge in [-0.1, -0.05) is 44.9 Å². The first-order chi connectivity index (χ1) is 14.0. The number of hydrogen-bond acceptors (Lipinski definition) is 5. The summed E-state index contributed by atoms with van der Waals surface area (Å²) in [6.07, 6.45) is 4.94. The summed E-state index contributed by atoms with van der Waals surface area (Å²) >= 11 is 0. The summed E-state index contributed by atoms with van der Waals surface area (Å²) in [6.45, 7) is 4.98. The number of fused-ring (bicyclic) bond motifs is 3. The van der Waals surface area contributed by atoms with Crippen molar-refractivity contribution in [2.45, 2.75) is 64.7 Å². The fourth-order valence-corrected chi connectivity index (χ4v) is 4.79. The van der Waals surface area contributed by atoms with Gasteiger partial charge < -0.3 is 15.1 Å². The monoisotopic (exact) mass is 397 g/mol. The second-order valence-corrected chi connectivity index (χ2v) is 8.70. The Morgan fingerprint density at radius 3 is 2.76 bits per heavy atom. The summed E-state index contributed by atoms with van der Waals surface area (Å²) in [5.74, 6) is 1.58. The predicted molar refractivity (Wildman–Crippen MR) is 113 cm³/mol. The topological polar surface area (TPSA) is 77.0 Å². The van der Waals surface area contributed by atoms with Crippen molar-refractivity contribution in [3.8, 4) is 0 Å². The minimum atomic E-state index is -0.212. The average molecular weight is 398 g/mol. The van der Waals surface area contributed by atoms with Crippen molar-refractivity contribution in [2.75, 3.05) is 11.9 Å². The molecule has 3 unspecified atom stereocenters. The number of benzene rings is 1. The van der Waals surface area contributed by atoms with Crippen molar-refractivity contribution in [1.82, 2.24) is 15.2 Å². The highest BCUT2D eigenvalue weighted by Crippen LogP contribution is 2.38. The number of amides is 2. The highest BCUT2D eigenvalue weighted by Gasteiger charge is 2.50. The Bertz CT molecular complexity index is 779. The summed E-state index contributed by atoms with van der Waals surface area (Å²) in [7, 11) is 0. The molecule has 0 spiro atoms. The smallest absolute Gasteiger partial charge is 0.230 e. The van der Waals surface area contributed by atoms with Gasteiger partial charge in [-0.15, -0.1) is 0 Å². The number of carbonyl (C=O) groups is 2. The predicted octanol–water partition coefficient (Wildman–Crippen LogP) is 2.96. The van der Waals surface area contributed by atoms with Crippen LogP contribution in [0, 0.1) is 11.8 Å². The van der Waals surface area contributed by atoms with Gasteiger partial charge in [0.25, 0.3) is 0 Å². The molecule has 7 heteroatoms. The third-order valence-corrected chi connectivity index (χ3v) is 6.05. The molecule has 29 heavy (non-hydrogen) atoms. The molecule has 1 saturated heterocycles. The summed E-state index contributed by atoms with van der Waals surface area (Å²) in [5, 5.41) is 7.50. The Kier molecular flexibility index (Phi) is 5.74. The lowest BCUT2D eigenvalue weighted by Gasteiger charge is -2.51. The summed E-state index contributed by atoms with van der Waals surface area (Å²) in [5.41, 5.74) is 3.99. The van der Waals surface area contributed by atoms with Crippen LogP contribution in [0.15, 0.2) is 35.4 Å². The van der Waals surface area contributed by atoms with Gasteiger partial charge in [0, 0.05) is 31.1 Å². The molecule has 3 atom stereocenters. The van der Waals surface area contributed by atoms with Crippen molar-refractivity contribution in [3.05, 3.63) is 30.3 Å². The molecule has 156 valence electrons. The molecule has 2 N–H and O–H groups in total. The fraction of sp³-hybridized carbons (Fsp3) is 0.591. The van der Waals surface area contributed by atoms with Crippen LogP contribution in [0.25, 0.3) is 0 Å². The Labute approximate surface area is 172 Å². The van der Waals surface area contributed by atoms with Gasteiger partial charge >= 0.3 is 0 Å². The number of anilines is 1. The van der Waals surface area contributed by atoms with Crippen LogP contribution in [-0.2, 0) is 9.59 Å². The van der Waals surface area contributed by atoms with E-state index >= 15 is 0 Å². The van der Waals surface area contributed by atoms with Gasteiger partial charge in [0.1, 0.15) is 5.84 Å². The van der Waals surface area contributed by atoms with E-state index in [9.17, 15) is 9.59 Å². The third kappa shape index (κ3) is 4.09. The van der Waals surface area contributed by atoms with Crippen molar-refractivity contribution < 1.29 is 9.59 Å². The molecule has 2 aliphatic heterocycles. The van der Waals surface area contributed by atoms with Crippen molar-refractivity contribution in [2.24, 2.45) is 16.9 Å². The first kappa shape index (κ1) is 19.7. The molecule has 1 aromatic carbocycles. The molecule has 3 aliphatic rings. The zero-order valence-corrected chi connectivity index (χ0v) is 17.3. The molecule has 0 radical (unpaired) electrons. The maximum absolute atomic E-state index is 13.2. The molecule has 1 aliphatic carbocycles. The van der Waals surface area contributed by atoms with E-state index in [2.05, 4.69) is 34.6 Å². The second-order valence-electron chi connectivity index (χ2n) is 8.70. The van der Waals surface area contributed by atoms with Gasteiger partial charge in [0.2, 0.25) is 11.8 Å². The van der Waals surface area contributed by atoms with Gasteiger partial charge in [0.05, 0.1) is 5.92 Å². The molecule has 0 bridgehead atoms. The van der Waals surface area contributed by atoms with Crippen LogP contribution in [0.3, 0.4) is 0 Å². The molecule has 2 amide bonds. The third-order valence-electron chi connectivity index (χ3n) is 6.05. The minimum absolute atomic E-state index is 0.0188. The Balaban J connectivity index is 1.45. The standard InChI is InChI=1S/C22H31N5O2/c1-15(2)14-26-21(29)17-10-6-7-11-18(17)27-19(24-25-22(26)27)12-13-20(28)23-16-8-4-3-5-9-16/h3-5,8-9,15,17-18,22,25H,6-7,10-14H2,1-2H3,(H,23,28). The fourth-order valence-electron chi connectivity index (χ4n) is 4.79. The zero-order chi connectivity index (χ0) is 20.4. The number of amidine groups is 1. The lowest BCUT2D eigenvalue weighted by molar-refractivity contribution is -0.156. The second kappa shape index (κ2) is 8.43. The average Bonchev–Trinajstić information content (AvgIpc) is 3.14. The van der Waals surface area contributed by atoms with E-state index in [4.69, 9.17) is 0 Å². The largest absolute Gasteiger partial charge is 0.326 e. The zero-order valence-electron chi connectivity index (χ0n) is 17.3. The number of nitrogens with one attached hydrogen (secondary N) is 2. The van der Waals surface area contributed by atoms with E-state index in [-0.39, 0.29) is 30.1 Å². The van der Waals surface area contributed by atoms with Crippen molar-refractivity contribution in [1.29, 1.82) is 0 Å². The van der Waals surface area contributed by atoms with Crippen LogP contribution >= 0.6 is 0 Å². The van der Waals surface area contributed by atoms with Crippen LogP contribution in [0.5, 0.6) is 0 Å². The van der Waals surface area contributed by atoms with E-state index in [1.807, 2.05) is 35.2 Å². The van der Waals surface area contributed by atoms with Crippen LogP contribution in [-0.4, -0.2) is 46.3 Å². The molecule has 1 saturated carbocycles. The van der Waals surface area contributed by atoms with E-state index in [1.54, 1.807) is 0 Å². The van der Waals surface area contributed by atoms with Crippen LogP contribution in [0.4, 0.5) is 5.69 Å². The first-order valence-corrected chi connectivity index (χ1v) is 10.8. The summed E-state index contributed by atoms with van der Waals surface area (Å²) in [6, 6.07) is 9.70. The number of hydrazone groups is 1. The normalized spacial score (nSPS) is 26.0. The van der Waals surface area contributed by atoms with Crippen molar-refractivity contribution in [3.63, 3.8) is 0 Å². The number of rotatable bonds is 6. The molecule has 4 rings (SSSR count). The van der Waals surface area contributed by atoms with Crippen LogP contribution in [0.2, 0.25) is 0 Å². The Hall–Kier alpha value is -2.57. The van der Waals surface area contributed by atoms with E-state index < -0.39 is 0 Å². The SMILES string of the molecule is CC(C)CN1C(=O)C2CCCCC2N2C(CCC(=O)Nc3ccccc3)=NNC12. The number of para-hydroxylation sites is 1. The highest BCUT2D eigenvalue weighted by atomic mass is 16.2. The molecule has 1 aromatic rings. The van der Waals surface area contributed by atoms with E-state index in [0.29, 0.717) is 25.3 Å². The molecule has 7 nitrogen and oxygen atoms in total. The van der Waals surface area contributed by atoms with Crippen LogP contribution < -0.4 is 10.7 Å². The van der Waals surface area contributed by atoms with Crippen LogP contribution in [0.1, 0.15) is 52.4 Å². The number of hydrogen-bond donors (Lipinski definition) is 2. The maximum atomic E-state index is 13.2. The van der Waals surface area contributed by atoms with E-state index in [0.717, 1.165) is 37.2 Å². The number of nitrogens with zero attached hydrogens (tertiary/aromatic N) is 3. The minimum Gasteiger partial charge on any atom is -0.326 e. The summed E-state index contributed by atoms with van der Waals surface area (Å²) < 4.78 is 0. The lowest BCUT2D eigenvalue weighted by atomic mass is 9.80. The number of carbonyl (C=O) groups excluding carboxylic acids is 2. The Morgan fingerprint density at radius 2 is 2.00 bits per heavy atom. The molecular weight excluding hydrogens is 366 g/mol. The van der Waals surface area contributed by atoms with Gasteiger partial charge in [-0.25, -0.2) is 0 Å².